The van der Waals surface area contributed by atoms with E-state index in [1.807, 2.05) is 110 Å². The molecule has 0 aromatic heterocycles. The number of benzene rings is 5. The number of anilines is 3. The minimum Gasteiger partial charge on any atom is -0.497 e. The Bertz CT molecular complexity index is 2610. The summed E-state index contributed by atoms with van der Waals surface area (Å²) in [4.78, 5) is 50.1. The molecule has 1 saturated heterocycles. The van der Waals surface area contributed by atoms with Crippen LogP contribution in [0.5, 0.6) is 17.2 Å². The molecule has 0 saturated carbocycles. The number of carbonyl (C=O) groups excluding carboxylic acids is 3. The van der Waals surface area contributed by atoms with Gasteiger partial charge in [-0.15, -0.1) is 0 Å². The third-order valence-corrected chi connectivity index (χ3v) is 18.7. The largest absolute Gasteiger partial charge is 0.497 e. The quantitative estimate of drug-likeness (QED) is 0.0539. The van der Waals surface area contributed by atoms with Crippen molar-refractivity contribution in [3.8, 4) is 17.2 Å². The zero-order valence-corrected chi connectivity index (χ0v) is 41.7. The van der Waals surface area contributed by atoms with E-state index in [0.717, 1.165) is 45.5 Å². The SMILES string of the molecule is CCOc1ccc2c(c1)CC(NCCCCO)C(=O)N2c1cccc(CN2C(=O)[C@@]3(O[C@@H](CC(=O)N(CCO)Cc4ccccc4)[C@H]([Si](C)(C)c4ccc(OC)cc4)[C@H]3C)c3cc(OC)ccc32)c1. The smallest absolute Gasteiger partial charge is 0.264 e. The first-order valence-electron chi connectivity index (χ1n) is 24.2. The minimum atomic E-state index is -2.62. The molecule has 0 radical (unpaired) electrons. The number of rotatable bonds is 20. The fraction of sp³-hybridized carbons (Fsp3) is 0.400. The molecule has 3 aliphatic rings. The Morgan fingerprint density at radius 3 is 2.26 bits per heavy atom. The Hall–Kier alpha value is -6.03. The monoisotopic (exact) mass is 954 g/mol. The first kappa shape index (κ1) is 49.4. The average Bonchev–Trinajstić information content (AvgIpc) is 3.78. The molecule has 69 heavy (non-hydrogen) atoms. The van der Waals surface area contributed by atoms with Gasteiger partial charge < -0.3 is 44.3 Å². The van der Waals surface area contributed by atoms with E-state index in [9.17, 15) is 19.8 Å². The zero-order valence-electron chi connectivity index (χ0n) is 40.7. The zero-order chi connectivity index (χ0) is 48.9. The number of methoxy groups -OCH3 is 2. The van der Waals surface area contributed by atoms with Crippen molar-refractivity contribution in [1.29, 1.82) is 0 Å². The summed E-state index contributed by atoms with van der Waals surface area (Å²) >= 11 is 0. The first-order valence-corrected chi connectivity index (χ1v) is 27.2. The number of carbonyl (C=O) groups is 3. The van der Waals surface area contributed by atoms with Crippen LogP contribution in [-0.2, 0) is 44.2 Å². The summed E-state index contributed by atoms with van der Waals surface area (Å²) in [5.41, 5.74) is 3.86. The molecule has 1 unspecified atom stereocenters. The average molecular weight is 955 g/mol. The number of ether oxygens (including phenoxy) is 4. The number of fused-ring (bicyclic) bond motifs is 3. The van der Waals surface area contributed by atoms with Crippen LogP contribution in [0.25, 0.3) is 0 Å². The van der Waals surface area contributed by atoms with Gasteiger partial charge in [0.05, 0.1) is 72.0 Å². The van der Waals surface area contributed by atoms with Crippen molar-refractivity contribution in [1.82, 2.24) is 10.2 Å². The minimum absolute atomic E-state index is 0.0134. The molecule has 14 heteroatoms. The standard InChI is InChI=1S/C55H66N4O9Si/c1-7-67-44-21-24-48-40(31-44)32-47(56-26-11-12-28-60)53(63)59(48)41-17-13-16-39(30-41)36-58-49-25-20-43(66-4)33-46(49)55(54(58)64)37(2)52(69(5,6)45-22-18-42(65-3)19-23-45)50(68-55)34-51(62)57(27-29-61)35-38-14-9-8-10-15-38/h8-10,13-25,30-31,33,37,47,50,52,56,60-61H,7,11-12,26-29,32,34-36H2,1-6H3/t37-,47?,50+,52-,55+/m1/s1. The van der Waals surface area contributed by atoms with Gasteiger partial charge in [-0.2, -0.15) is 0 Å². The van der Waals surface area contributed by atoms with Crippen LogP contribution in [0.15, 0.2) is 115 Å². The number of unbranched alkanes of at least 4 members (excludes halogenated alkanes) is 1. The summed E-state index contributed by atoms with van der Waals surface area (Å²) in [6.07, 6.45) is 1.22. The maximum Gasteiger partial charge on any atom is 0.264 e. The highest BCUT2D eigenvalue weighted by Crippen LogP contribution is 2.60. The second-order valence-corrected chi connectivity index (χ2v) is 23.6. The number of hydrogen-bond donors (Lipinski definition) is 3. The van der Waals surface area contributed by atoms with Crippen molar-refractivity contribution in [3.63, 3.8) is 0 Å². The van der Waals surface area contributed by atoms with E-state index in [2.05, 4.69) is 37.5 Å². The number of nitrogens with one attached hydrogen (secondary N) is 1. The van der Waals surface area contributed by atoms with Gasteiger partial charge in [0.25, 0.3) is 5.91 Å². The number of nitrogens with zero attached hydrogens (tertiary/aromatic N) is 3. The fourth-order valence-electron chi connectivity index (χ4n) is 11.0. The molecule has 3 heterocycles. The van der Waals surface area contributed by atoms with E-state index < -0.39 is 25.8 Å². The topological polar surface area (TPSA) is 150 Å². The number of aliphatic hydroxyl groups is 2. The third-order valence-electron chi connectivity index (χ3n) is 14.4. The van der Waals surface area contributed by atoms with Crippen molar-refractivity contribution in [2.75, 3.05) is 56.9 Å². The van der Waals surface area contributed by atoms with E-state index in [4.69, 9.17) is 18.9 Å². The van der Waals surface area contributed by atoms with Crippen molar-refractivity contribution >= 4 is 48.0 Å². The van der Waals surface area contributed by atoms with Crippen LogP contribution >= 0.6 is 0 Å². The summed E-state index contributed by atoms with van der Waals surface area (Å²) < 4.78 is 24.6. The Morgan fingerprint density at radius 1 is 0.841 bits per heavy atom. The second kappa shape index (κ2) is 21.3. The molecule has 0 aliphatic carbocycles. The van der Waals surface area contributed by atoms with Crippen LogP contribution in [-0.4, -0.2) is 100 Å². The molecular weight excluding hydrogens is 889 g/mol. The fourth-order valence-corrected chi connectivity index (χ4v) is 15.0. The molecule has 5 atom stereocenters. The third kappa shape index (κ3) is 9.78. The van der Waals surface area contributed by atoms with Crippen LogP contribution in [0, 0.1) is 5.92 Å². The second-order valence-electron chi connectivity index (χ2n) is 18.9. The highest BCUT2D eigenvalue weighted by molar-refractivity contribution is 6.91. The summed E-state index contributed by atoms with van der Waals surface area (Å²) in [5, 5.41) is 24.1. The van der Waals surface area contributed by atoms with E-state index in [1.165, 1.54) is 0 Å². The van der Waals surface area contributed by atoms with Crippen LogP contribution in [0.1, 0.15) is 55.4 Å². The van der Waals surface area contributed by atoms with Crippen molar-refractivity contribution in [2.45, 2.75) is 89.0 Å². The Balaban J connectivity index is 1.16. The number of aliphatic hydroxyl groups excluding tert-OH is 2. The summed E-state index contributed by atoms with van der Waals surface area (Å²) in [6.45, 7) is 10.3. The summed E-state index contributed by atoms with van der Waals surface area (Å²) in [6, 6.07) is 36.6. The predicted molar refractivity (Wildman–Crippen MR) is 270 cm³/mol. The van der Waals surface area contributed by atoms with Gasteiger partial charge >= 0.3 is 0 Å². The Kier molecular flexibility index (Phi) is 15.3. The lowest BCUT2D eigenvalue weighted by molar-refractivity contribution is -0.150. The van der Waals surface area contributed by atoms with Crippen molar-refractivity contribution in [3.05, 3.63) is 138 Å². The highest BCUT2D eigenvalue weighted by atomic mass is 28.3. The van der Waals surface area contributed by atoms with E-state index in [-0.39, 0.29) is 61.9 Å². The molecule has 0 bridgehead atoms. The Labute approximate surface area is 407 Å². The van der Waals surface area contributed by atoms with Gasteiger partial charge in [0.15, 0.2) is 5.60 Å². The summed E-state index contributed by atoms with van der Waals surface area (Å²) in [5.74, 6) is 1.18. The van der Waals surface area contributed by atoms with E-state index >= 15 is 4.79 Å². The van der Waals surface area contributed by atoms with Crippen molar-refractivity contribution in [2.24, 2.45) is 5.92 Å². The molecular formula is C55H66N4O9Si. The van der Waals surface area contributed by atoms with Crippen LogP contribution < -0.4 is 34.5 Å². The van der Waals surface area contributed by atoms with E-state index in [1.54, 1.807) is 28.9 Å². The lowest BCUT2D eigenvalue weighted by atomic mass is 9.82. The maximum atomic E-state index is 15.8. The maximum absolute atomic E-state index is 15.8. The molecule has 3 N–H and O–H groups in total. The molecule has 8 rings (SSSR count). The van der Waals surface area contributed by atoms with Crippen molar-refractivity contribution < 1.29 is 43.5 Å². The van der Waals surface area contributed by atoms with Gasteiger partial charge in [0.2, 0.25) is 11.8 Å². The molecule has 13 nitrogen and oxygen atoms in total. The highest BCUT2D eigenvalue weighted by Gasteiger charge is 2.66. The van der Waals surface area contributed by atoms with Gasteiger partial charge in [-0.1, -0.05) is 79.8 Å². The number of hydrogen-bond acceptors (Lipinski definition) is 10. The lowest BCUT2D eigenvalue weighted by Gasteiger charge is -2.37. The molecule has 1 fully saturated rings. The lowest BCUT2D eigenvalue weighted by Crippen LogP contribution is -2.52. The molecule has 364 valence electrons. The molecule has 3 amide bonds. The first-order chi connectivity index (χ1) is 33.4. The van der Waals surface area contributed by atoms with Gasteiger partial charge in [0, 0.05) is 36.9 Å². The molecule has 3 aliphatic heterocycles. The van der Waals surface area contributed by atoms with Crippen LogP contribution in [0.2, 0.25) is 18.6 Å². The van der Waals surface area contributed by atoms with E-state index in [0.29, 0.717) is 55.2 Å². The number of amides is 3. The van der Waals surface area contributed by atoms with Gasteiger partial charge in [-0.05, 0) is 116 Å². The molecule has 1 spiro atoms. The van der Waals surface area contributed by atoms with Gasteiger partial charge in [-0.3, -0.25) is 19.3 Å². The predicted octanol–water partition coefficient (Wildman–Crippen LogP) is 7.23. The molecule has 5 aromatic rings. The molecule has 5 aromatic carbocycles. The van der Waals surface area contributed by atoms with Crippen LogP contribution in [0.3, 0.4) is 0 Å². The van der Waals surface area contributed by atoms with Gasteiger partial charge in [-0.25, -0.2) is 0 Å². The normalized spacial score (nSPS) is 20.8. The van der Waals surface area contributed by atoms with Crippen LogP contribution in [0.4, 0.5) is 17.1 Å². The summed E-state index contributed by atoms with van der Waals surface area (Å²) in [7, 11) is 0.629. The Morgan fingerprint density at radius 2 is 1.55 bits per heavy atom. The van der Waals surface area contributed by atoms with Gasteiger partial charge in [0.1, 0.15) is 17.2 Å².